The van der Waals surface area contributed by atoms with E-state index in [1.165, 1.54) is 19.2 Å². The molecule has 0 aliphatic rings. The first-order valence-electron chi connectivity index (χ1n) is 11.0. The molecule has 1 atom stereocenters. The van der Waals surface area contributed by atoms with E-state index in [0.29, 0.717) is 35.8 Å². The zero-order chi connectivity index (χ0) is 25.5. The molecule has 0 spiro atoms. The first kappa shape index (κ1) is 25.5. The molecule has 1 amide bonds. The zero-order valence-electron chi connectivity index (χ0n) is 20.1. The van der Waals surface area contributed by atoms with Crippen molar-refractivity contribution in [2.45, 2.75) is 25.7 Å². The predicted molar refractivity (Wildman–Crippen MR) is 129 cm³/mol. The number of benzene rings is 2. The molecule has 0 aliphatic heterocycles. The molecule has 0 radical (unpaired) electrons. The number of methoxy groups -OCH3 is 3. The number of hydrogen-bond acceptors (Lipinski definition) is 8. The number of amides is 1. The molecule has 0 unspecified atom stereocenters. The van der Waals surface area contributed by atoms with Gasteiger partial charge in [0, 0.05) is 19.0 Å². The Labute approximate surface area is 202 Å². The highest BCUT2D eigenvalue weighted by Crippen LogP contribution is 2.37. The van der Waals surface area contributed by atoms with Crippen molar-refractivity contribution >= 4 is 5.91 Å². The third kappa shape index (κ3) is 6.06. The summed E-state index contributed by atoms with van der Waals surface area (Å²) in [6.07, 6.45) is 0.439. The van der Waals surface area contributed by atoms with Crippen LogP contribution in [0.3, 0.4) is 0 Å². The number of carbonyl (C=O) groups is 1. The summed E-state index contributed by atoms with van der Waals surface area (Å²) >= 11 is 0. The van der Waals surface area contributed by atoms with E-state index in [-0.39, 0.29) is 29.6 Å². The van der Waals surface area contributed by atoms with Crippen LogP contribution in [0.5, 0.6) is 28.7 Å². The van der Waals surface area contributed by atoms with Crippen LogP contribution in [0.2, 0.25) is 0 Å². The largest absolute Gasteiger partial charge is 0.504 e. The molecule has 1 heterocycles. The van der Waals surface area contributed by atoms with Gasteiger partial charge >= 0.3 is 0 Å². The van der Waals surface area contributed by atoms with Gasteiger partial charge < -0.3 is 34.2 Å². The summed E-state index contributed by atoms with van der Waals surface area (Å²) in [7, 11) is 4.52. The number of rotatable bonds is 10. The van der Waals surface area contributed by atoms with E-state index in [9.17, 15) is 19.8 Å². The van der Waals surface area contributed by atoms with E-state index >= 15 is 0 Å². The Kier molecular flexibility index (Phi) is 8.25. The number of ether oxygens (including phenoxy) is 3. The van der Waals surface area contributed by atoms with Gasteiger partial charge in [-0.2, -0.15) is 0 Å². The molecule has 3 aromatic rings. The van der Waals surface area contributed by atoms with E-state index in [1.54, 1.807) is 39.3 Å². The first-order chi connectivity index (χ1) is 16.8. The maximum Gasteiger partial charge on any atom is 0.227 e. The molecular weight excluding hydrogens is 454 g/mol. The van der Waals surface area contributed by atoms with Crippen molar-refractivity contribution in [2.24, 2.45) is 0 Å². The quantitative estimate of drug-likeness (QED) is 0.401. The second-order valence-corrected chi connectivity index (χ2v) is 7.91. The van der Waals surface area contributed by atoms with Gasteiger partial charge in [-0.1, -0.05) is 12.1 Å². The number of phenols is 1. The summed E-state index contributed by atoms with van der Waals surface area (Å²) in [6.45, 7) is 1.94. The number of aromatic hydroxyl groups is 2. The van der Waals surface area contributed by atoms with Gasteiger partial charge in [0.25, 0.3) is 0 Å². The second kappa shape index (κ2) is 11.3. The summed E-state index contributed by atoms with van der Waals surface area (Å²) in [5.41, 5.74) is 0.872. The summed E-state index contributed by atoms with van der Waals surface area (Å²) in [5, 5.41) is 23.2. The third-order valence-electron chi connectivity index (χ3n) is 5.57. The van der Waals surface area contributed by atoms with Crippen molar-refractivity contribution in [3.63, 3.8) is 0 Å². The van der Waals surface area contributed by atoms with Crippen molar-refractivity contribution < 1.29 is 33.6 Å². The molecule has 0 aliphatic carbocycles. The number of nitrogens with one attached hydrogen (secondary N) is 1. The monoisotopic (exact) mass is 483 g/mol. The van der Waals surface area contributed by atoms with Gasteiger partial charge in [0.1, 0.15) is 5.76 Å². The average molecular weight is 484 g/mol. The molecular formula is C26H29NO8. The van der Waals surface area contributed by atoms with Gasteiger partial charge in [-0.25, -0.2) is 0 Å². The molecule has 2 aromatic carbocycles. The standard InChI is InChI=1S/C26H29NO8/c1-15-11-20(29)25(31)26(35-15)18(17-6-7-19(28)22(13-17)33-3)14-24(30)27-10-9-16-5-8-21(32-2)23(12-16)34-4/h5-8,11-13,18,28,31H,9-10,14H2,1-4H3,(H,27,30)/t18-/m0/s1. The fraction of sp³-hybridized carbons (Fsp3) is 0.308. The van der Waals surface area contributed by atoms with Crippen LogP contribution in [-0.4, -0.2) is 44.0 Å². The maximum atomic E-state index is 12.9. The third-order valence-corrected chi connectivity index (χ3v) is 5.57. The predicted octanol–water partition coefficient (Wildman–Crippen LogP) is 3.27. The fourth-order valence-corrected chi connectivity index (χ4v) is 3.77. The SMILES string of the molecule is COc1cc([C@H](CC(=O)NCCc2ccc(OC)c(OC)c2)c2oc(C)cc(=O)c2O)ccc1O. The topological polar surface area (TPSA) is 127 Å². The minimum atomic E-state index is -0.793. The lowest BCUT2D eigenvalue weighted by atomic mass is 9.91. The Hall–Kier alpha value is -4.14. The van der Waals surface area contributed by atoms with Gasteiger partial charge in [-0.3, -0.25) is 9.59 Å². The Morgan fingerprint density at radius 2 is 1.69 bits per heavy atom. The van der Waals surface area contributed by atoms with Crippen molar-refractivity contribution in [1.82, 2.24) is 5.32 Å². The van der Waals surface area contributed by atoms with Crippen LogP contribution in [0.4, 0.5) is 0 Å². The van der Waals surface area contributed by atoms with Crippen LogP contribution in [0.25, 0.3) is 0 Å². The van der Waals surface area contributed by atoms with Gasteiger partial charge in [0.05, 0.1) is 27.2 Å². The van der Waals surface area contributed by atoms with Crippen molar-refractivity contribution in [1.29, 1.82) is 0 Å². The summed E-state index contributed by atoms with van der Waals surface area (Å²) in [4.78, 5) is 25.1. The maximum absolute atomic E-state index is 12.9. The van der Waals surface area contributed by atoms with Gasteiger partial charge in [-0.05, 0) is 48.7 Å². The van der Waals surface area contributed by atoms with Crippen molar-refractivity contribution in [3.05, 3.63) is 75.3 Å². The van der Waals surface area contributed by atoms with Crippen LogP contribution in [0, 0.1) is 6.92 Å². The van der Waals surface area contributed by atoms with Crippen molar-refractivity contribution in [3.8, 4) is 28.7 Å². The Morgan fingerprint density at radius 3 is 2.37 bits per heavy atom. The molecule has 0 saturated heterocycles. The number of phenolic OH excluding ortho intramolecular Hbond substituents is 1. The number of hydrogen-bond donors (Lipinski definition) is 3. The molecule has 3 N–H and O–H groups in total. The zero-order valence-corrected chi connectivity index (χ0v) is 20.1. The molecule has 186 valence electrons. The Bertz CT molecular complexity index is 1250. The molecule has 0 bridgehead atoms. The summed E-state index contributed by atoms with van der Waals surface area (Å²) < 4.78 is 21.4. The van der Waals surface area contributed by atoms with Gasteiger partial charge in [-0.15, -0.1) is 0 Å². The molecule has 35 heavy (non-hydrogen) atoms. The highest BCUT2D eigenvalue weighted by Gasteiger charge is 2.26. The first-order valence-corrected chi connectivity index (χ1v) is 11.0. The van der Waals surface area contributed by atoms with Gasteiger partial charge in [0.15, 0.2) is 28.8 Å². The molecule has 9 heteroatoms. The lowest BCUT2D eigenvalue weighted by Gasteiger charge is -2.19. The fourth-order valence-electron chi connectivity index (χ4n) is 3.77. The molecule has 1 aromatic heterocycles. The minimum Gasteiger partial charge on any atom is -0.504 e. The Morgan fingerprint density at radius 1 is 0.971 bits per heavy atom. The minimum absolute atomic E-state index is 0.0298. The summed E-state index contributed by atoms with van der Waals surface area (Å²) in [6, 6.07) is 11.2. The normalized spacial score (nSPS) is 11.5. The van der Waals surface area contributed by atoms with Crippen LogP contribution < -0.4 is 25.0 Å². The van der Waals surface area contributed by atoms with E-state index in [4.69, 9.17) is 18.6 Å². The highest BCUT2D eigenvalue weighted by atomic mass is 16.5. The number of carbonyl (C=O) groups excluding carboxylic acids is 1. The highest BCUT2D eigenvalue weighted by molar-refractivity contribution is 5.77. The molecule has 0 saturated carbocycles. The van der Waals surface area contributed by atoms with Crippen molar-refractivity contribution in [2.75, 3.05) is 27.9 Å². The van der Waals surface area contributed by atoms with E-state index in [2.05, 4.69) is 5.32 Å². The molecule has 9 nitrogen and oxygen atoms in total. The van der Waals surface area contributed by atoms with Crippen LogP contribution in [0.15, 0.2) is 51.7 Å². The smallest absolute Gasteiger partial charge is 0.227 e. The average Bonchev–Trinajstić information content (AvgIpc) is 2.85. The Balaban J connectivity index is 1.80. The van der Waals surface area contributed by atoms with E-state index in [0.717, 1.165) is 5.56 Å². The van der Waals surface area contributed by atoms with Gasteiger partial charge in [0.2, 0.25) is 17.1 Å². The molecule has 0 fully saturated rings. The van der Waals surface area contributed by atoms with Crippen LogP contribution in [0.1, 0.15) is 35.0 Å². The van der Waals surface area contributed by atoms with Crippen LogP contribution in [-0.2, 0) is 11.2 Å². The molecule has 3 rings (SSSR count). The van der Waals surface area contributed by atoms with E-state index < -0.39 is 17.1 Å². The lowest BCUT2D eigenvalue weighted by Crippen LogP contribution is -2.27. The van der Waals surface area contributed by atoms with Crippen LogP contribution >= 0.6 is 0 Å². The lowest BCUT2D eigenvalue weighted by molar-refractivity contribution is -0.121. The van der Waals surface area contributed by atoms with E-state index in [1.807, 2.05) is 12.1 Å². The summed E-state index contributed by atoms with van der Waals surface area (Å²) in [5.74, 6) is -0.0742. The second-order valence-electron chi connectivity index (χ2n) is 7.91. The number of aryl methyl sites for hydroxylation is 1.